The lowest BCUT2D eigenvalue weighted by atomic mass is 10.2. The number of cyclic esters (lactones) is 1. The lowest BCUT2D eigenvalue weighted by molar-refractivity contribution is 0.162. The smallest absolute Gasteiger partial charge is 0.415 e. The molecule has 1 fully saturated rings. The highest BCUT2D eigenvalue weighted by Gasteiger charge is 2.32. The van der Waals surface area contributed by atoms with Crippen LogP contribution in [-0.4, -0.2) is 18.7 Å². The Kier molecular flexibility index (Phi) is 2.67. The van der Waals surface area contributed by atoms with Crippen LogP contribution in [0, 0.1) is 17.1 Å². The van der Waals surface area contributed by atoms with Gasteiger partial charge in [-0.1, -0.05) is 11.6 Å². The Hall–Kier alpha value is -1.80. The molecule has 0 aromatic heterocycles. The van der Waals surface area contributed by atoms with Crippen molar-refractivity contribution in [2.24, 2.45) is 0 Å². The number of carbonyl (C=O) groups is 1. The molecular formula is C10H6ClFN2O2. The number of carbonyl (C=O) groups excluding carboxylic acids is 1. The van der Waals surface area contributed by atoms with Crippen LogP contribution < -0.4 is 4.90 Å². The molecule has 0 spiro atoms. The molecule has 4 nitrogen and oxygen atoms in total. The van der Waals surface area contributed by atoms with Gasteiger partial charge in [0.15, 0.2) is 0 Å². The molecule has 16 heavy (non-hydrogen) atoms. The van der Waals surface area contributed by atoms with E-state index in [1.54, 1.807) is 0 Å². The zero-order chi connectivity index (χ0) is 11.7. The molecule has 82 valence electrons. The van der Waals surface area contributed by atoms with E-state index in [1.807, 2.05) is 6.07 Å². The van der Waals surface area contributed by atoms with Crippen LogP contribution in [-0.2, 0) is 4.74 Å². The second kappa shape index (κ2) is 3.99. The Morgan fingerprint density at radius 2 is 2.38 bits per heavy atom. The monoisotopic (exact) mass is 240 g/mol. The molecule has 6 heteroatoms. The summed E-state index contributed by atoms with van der Waals surface area (Å²) in [5.74, 6) is -0.560. The van der Waals surface area contributed by atoms with Gasteiger partial charge in [0.1, 0.15) is 11.9 Å². The standard InChI is InChI=1S/C10H6ClFN2O2/c11-8-3-6(1-2-9(8)12)14-5-7(4-13)16-10(14)15/h1-3,7H,5H2. The fourth-order valence-electron chi connectivity index (χ4n) is 1.39. The molecule has 1 aliphatic rings. The summed E-state index contributed by atoms with van der Waals surface area (Å²) in [5.41, 5.74) is 0.411. The normalized spacial score (nSPS) is 19.4. The average molecular weight is 241 g/mol. The number of ether oxygens (including phenoxy) is 1. The van der Waals surface area contributed by atoms with Crippen molar-refractivity contribution in [3.05, 3.63) is 29.0 Å². The number of hydrogen-bond acceptors (Lipinski definition) is 3. The first kappa shape index (κ1) is 10.7. The summed E-state index contributed by atoms with van der Waals surface area (Å²) in [4.78, 5) is 12.6. The van der Waals surface area contributed by atoms with Crippen LogP contribution in [0.2, 0.25) is 5.02 Å². The number of hydrogen-bond donors (Lipinski definition) is 0. The number of nitriles is 1. The van der Waals surface area contributed by atoms with Gasteiger partial charge in [0, 0.05) is 5.69 Å². The molecule has 0 N–H and O–H groups in total. The molecule has 0 bridgehead atoms. The molecule has 0 aliphatic carbocycles. The van der Waals surface area contributed by atoms with Gasteiger partial charge in [0.25, 0.3) is 0 Å². The summed E-state index contributed by atoms with van der Waals surface area (Å²) >= 11 is 5.59. The Bertz CT molecular complexity index is 486. The summed E-state index contributed by atoms with van der Waals surface area (Å²) < 4.78 is 17.6. The fourth-order valence-corrected chi connectivity index (χ4v) is 1.57. The van der Waals surface area contributed by atoms with E-state index in [0.717, 1.165) is 6.07 Å². The van der Waals surface area contributed by atoms with Crippen molar-refractivity contribution in [3.8, 4) is 6.07 Å². The van der Waals surface area contributed by atoms with Gasteiger partial charge < -0.3 is 4.74 Å². The maximum Gasteiger partial charge on any atom is 0.415 e. The Labute approximate surface area is 95.8 Å². The van der Waals surface area contributed by atoms with Gasteiger partial charge in [-0.05, 0) is 18.2 Å². The summed E-state index contributed by atoms with van der Waals surface area (Å²) in [6.07, 6.45) is -1.43. The van der Waals surface area contributed by atoms with Gasteiger partial charge in [-0.2, -0.15) is 5.26 Å². The highest BCUT2D eigenvalue weighted by atomic mass is 35.5. The quantitative estimate of drug-likeness (QED) is 0.757. The van der Waals surface area contributed by atoms with Crippen molar-refractivity contribution in [2.75, 3.05) is 11.4 Å². The molecule has 1 aromatic rings. The number of halogens is 2. The molecule has 1 amide bonds. The summed E-state index contributed by atoms with van der Waals surface area (Å²) in [6.45, 7) is 0.122. The van der Waals surface area contributed by atoms with E-state index < -0.39 is 18.0 Å². The lowest BCUT2D eigenvalue weighted by Crippen LogP contribution is -2.24. The summed E-state index contributed by atoms with van der Waals surface area (Å²) in [5, 5.41) is 8.53. The molecule has 1 saturated heterocycles. The van der Waals surface area contributed by atoms with E-state index >= 15 is 0 Å². The third kappa shape index (κ3) is 1.79. The van der Waals surface area contributed by atoms with Crippen LogP contribution in [0.15, 0.2) is 18.2 Å². The van der Waals surface area contributed by atoms with E-state index in [0.29, 0.717) is 5.69 Å². The molecule has 1 heterocycles. The van der Waals surface area contributed by atoms with Crippen LogP contribution in [0.4, 0.5) is 14.9 Å². The zero-order valence-corrected chi connectivity index (χ0v) is 8.74. The molecule has 1 aliphatic heterocycles. The first-order valence-electron chi connectivity index (χ1n) is 4.44. The van der Waals surface area contributed by atoms with Crippen molar-refractivity contribution in [2.45, 2.75) is 6.10 Å². The molecule has 1 unspecified atom stereocenters. The first-order valence-corrected chi connectivity index (χ1v) is 4.82. The number of anilines is 1. The maximum atomic E-state index is 12.9. The minimum Gasteiger partial charge on any atom is -0.428 e. The highest BCUT2D eigenvalue weighted by Crippen LogP contribution is 2.26. The molecule has 0 saturated carbocycles. The highest BCUT2D eigenvalue weighted by molar-refractivity contribution is 6.31. The van der Waals surface area contributed by atoms with Crippen molar-refractivity contribution in [1.82, 2.24) is 0 Å². The van der Waals surface area contributed by atoms with Gasteiger partial charge in [-0.3, -0.25) is 4.90 Å². The second-order valence-electron chi connectivity index (χ2n) is 3.21. The van der Waals surface area contributed by atoms with Crippen LogP contribution >= 0.6 is 11.6 Å². The predicted octanol–water partition coefficient (Wildman–Crippen LogP) is 2.33. The molecule has 2 rings (SSSR count). The third-order valence-corrected chi connectivity index (χ3v) is 2.46. The third-order valence-electron chi connectivity index (χ3n) is 2.17. The van der Waals surface area contributed by atoms with E-state index in [-0.39, 0.29) is 11.6 Å². The second-order valence-corrected chi connectivity index (χ2v) is 3.62. The largest absolute Gasteiger partial charge is 0.428 e. The number of rotatable bonds is 1. The summed E-state index contributed by atoms with van der Waals surface area (Å²) in [6, 6.07) is 5.71. The van der Waals surface area contributed by atoms with Crippen molar-refractivity contribution >= 4 is 23.4 Å². The Balaban J connectivity index is 2.29. The molecular weight excluding hydrogens is 235 g/mol. The lowest BCUT2D eigenvalue weighted by Gasteiger charge is -2.12. The van der Waals surface area contributed by atoms with Crippen LogP contribution in [0.25, 0.3) is 0 Å². The maximum absolute atomic E-state index is 12.9. The zero-order valence-electron chi connectivity index (χ0n) is 7.98. The van der Waals surface area contributed by atoms with Gasteiger partial charge >= 0.3 is 6.09 Å². The van der Waals surface area contributed by atoms with E-state index in [4.69, 9.17) is 21.6 Å². The predicted molar refractivity (Wildman–Crippen MR) is 54.6 cm³/mol. The average Bonchev–Trinajstić information content (AvgIpc) is 2.64. The fraction of sp³-hybridized carbons (Fsp3) is 0.200. The van der Waals surface area contributed by atoms with Gasteiger partial charge in [0.2, 0.25) is 6.10 Å². The summed E-state index contributed by atoms with van der Waals surface area (Å²) in [7, 11) is 0. The molecule has 1 aromatic carbocycles. The number of nitrogens with zero attached hydrogens (tertiary/aromatic N) is 2. The van der Waals surface area contributed by atoms with Crippen LogP contribution in [0.5, 0.6) is 0 Å². The SMILES string of the molecule is N#CC1CN(c2ccc(F)c(Cl)c2)C(=O)O1. The minimum absolute atomic E-state index is 0.0780. The Morgan fingerprint density at radius 1 is 1.62 bits per heavy atom. The van der Waals surface area contributed by atoms with Gasteiger partial charge in [-0.25, -0.2) is 9.18 Å². The van der Waals surface area contributed by atoms with E-state index in [1.165, 1.54) is 17.0 Å². The minimum atomic E-state index is -0.795. The van der Waals surface area contributed by atoms with E-state index in [2.05, 4.69) is 0 Å². The number of benzene rings is 1. The van der Waals surface area contributed by atoms with Gasteiger partial charge in [-0.15, -0.1) is 0 Å². The molecule has 1 atom stereocenters. The van der Waals surface area contributed by atoms with Gasteiger partial charge in [0.05, 0.1) is 11.6 Å². The topological polar surface area (TPSA) is 53.3 Å². The first-order chi connectivity index (χ1) is 7.61. The molecule has 0 radical (unpaired) electrons. The van der Waals surface area contributed by atoms with Crippen LogP contribution in [0.3, 0.4) is 0 Å². The van der Waals surface area contributed by atoms with E-state index in [9.17, 15) is 9.18 Å². The van der Waals surface area contributed by atoms with Crippen molar-refractivity contribution in [1.29, 1.82) is 5.26 Å². The van der Waals surface area contributed by atoms with Crippen molar-refractivity contribution in [3.63, 3.8) is 0 Å². The van der Waals surface area contributed by atoms with Crippen LogP contribution in [0.1, 0.15) is 0 Å². The Morgan fingerprint density at radius 3 is 2.94 bits per heavy atom. The van der Waals surface area contributed by atoms with Crippen molar-refractivity contribution < 1.29 is 13.9 Å². The number of amides is 1.